The van der Waals surface area contributed by atoms with E-state index in [9.17, 15) is 19.2 Å². The van der Waals surface area contributed by atoms with Crippen molar-refractivity contribution in [1.29, 1.82) is 0 Å². The Morgan fingerprint density at radius 2 is 1.76 bits per heavy atom. The first-order valence-electron chi connectivity index (χ1n) is 10.8. The smallest absolute Gasteiger partial charge is 0.407 e. The zero-order valence-corrected chi connectivity index (χ0v) is 21.8. The number of hydrogen-bond acceptors (Lipinski definition) is 6. The van der Waals surface area contributed by atoms with Gasteiger partial charge in [-0.15, -0.1) is 0 Å². The lowest BCUT2D eigenvalue weighted by atomic mass is 10.1. The molecule has 2 aromatic rings. The fourth-order valence-electron chi connectivity index (χ4n) is 3.07. The van der Waals surface area contributed by atoms with Crippen molar-refractivity contribution in [3.8, 4) is 0 Å². The van der Waals surface area contributed by atoms with Crippen LogP contribution in [0.1, 0.15) is 53.6 Å². The van der Waals surface area contributed by atoms with Crippen LogP contribution < -0.4 is 16.2 Å². The van der Waals surface area contributed by atoms with Gasteiger partial charge in [-0.25, -0.2) is 9.59 Å². The topological polar surface area (TPSA) is 116 Å². The molecule has 9 nitrogen and oxygen atoms in total. The number of halogens is 1. The highest BCUT2D eigenvalue weighted by molar-refractivity contribution is 14.1. The van der Waals surface area contributed by atoms with Crippen LogP contribution in [-0.4, -0.2) is 47.8 Å². The van der Waals surface area contributed by atoms with Crippen molar-refractivity contribution >= 4 is 40.6 Å². The van der Waals surface area contributed by atoms with Crippen molar-refractivity contribution in [2.24, 2.45) is 0 Å². The number of esters is 1. The molecule has 2 atom stereocenters. The number of pyridine rings is 1. The number of methoxy groups -OCH3 is 1. The first-order chi connectivity index (χ1) is 16.0. The summed E-state index contributed by atoms with van der Waals surface area (Å²) < 4.78 is 11.1. The normalized spacial score (nSPS) is 12.9. The molecule has 2 rings (SSSR count). The van der Waals surface area contributed by atoms with Crippen molar-refractivity contribution in [2.45, 2.75) is 49.3 Å². The molecule has 1 heterocycles. The van der Waals surface area contributed by atoms with Crippen molar-refractivity contribution in [3.05, 3.63) is 70.1 Å². The maximum absolute atomic E-state index is 13.0. The Morgan fingerprint density at radius 1 is 1.09 bits per heavy atom. The van der Waals surface area contributed by atoms with Crippen LogP contribution in [0.15, 0.2) is 53.5 Å². The molecule has 0 saturated carbocycles. The number of amides is 2. The Bertz CT molecular complexity index is 1050. The molecule has 1 aromatic carbocycles. The molecule has 0 radical (unpaired) electrons. The number of benzene rings is 1. The number of hydrogen-bond donors (Lipinski definition) is 2. The largest absolute Gasteiger partial charge is 0.467 e. The number of nitrogens with zero attached hydrogens (tertiary/aromatic N) is 1. The molecule has 10 heteroatoms. The first kappa shape index (κ1) is 27.4. The van der Waals surface area contributed by atoms with Crippen molar-refractivity contribution < 1.29 is 23.9 Å². The fourth-order valence-corrected chi connectivity index (χ4v) is 3.93. The molecule has 0 saturated heterocycles. The standard InChI is InChI=1S/C24H30IN3O6/c1-24(2,3)34-23(32)26-14-8-13-18(22(31)33-4)27-20(29)17-12-9-15-28(21(17)30)19(25)16-10-6-5-7-11-16/h5-7,9-12,15,18-19H,8,13-14H2,1-4H3,(H,26,32)(H,27,29)/t18-,19?/m0/s1. The zero-order valence-electron chi connectivity index (χ0n) is 19.7. The lowest BCUT2D eigenvalue weighted by molar-refractivity contribution is -0.143. The molecule has 1 aromatic heterocycles. The fraction of sp³-hybridized carbons (Fsp3) is 0.417. The minimum Gasteiger partial charge on any atom is -0.467 e. The Labute approximate surface area is 212 Å². The number of carbonyl (C=O) groups excluding carboxylic acids is 3. The molecule has 1 unspecified atom stereocenters. The molecular weight excluding hydrogens is 553 g/mol. The highest BCUT2D eigenvalue weighted by Crippen LogP contribution is 2.23. The predicted molar refractivity (Wildman–Crippen MR) is 136 cm³/mol. The average Bonchev–Trinajstić information content (AvgIpc) is 2.79. The van der Waals surface area contributed by atoms with E-state index in [1.165, 1.54) is 17.7 Å². The number of alkyl halides is 1. The Kier molecular flexibility index (Phi) is 10.1. The van der Waals surface area contributed by atoms with Crippen LogP contribution in [0.4, 0.5) is 4.79 Å². The number of rotatable bonds is 9. The number of alkyl carbamates (subject to hydrolysis) is 1. The molecule has 0 spiro atoms. The second-order valence-electron chi connectivity index (χ2n) is 8.50. The van der Waals surface area contributed by atoms with Gasteiger partial charge in [0.15, 0.2) is 0 Å². The van der Waals surface area contributed by atoms with Crippen molar-refractivity contribution in [1.82, 2.24) is 15.2 Å². The molecular formula is C24H30IN3O6. The number of aromatic nitrogens is 1. The zero-order chi connectivity index (χ0) is 25.3. The molecule has 184 valence electrons. The third-order valence-electron chi connectivity index (χ3n) is 4.67. The number of ether oxygens (including phenoxy) is 2. The Balaban J connectivity index is 2.06. The van der Waals surface area contributed by atoms with E-state index in [0.717, 1.165) is 5.56 Å². The monoisotopic (exact) mass is 583 g/mol. The van der Waals surface area contributed by atoms with E-state index in [-0.39, 0.29) is 22.6 Å². The predicted octanol–water partition coefficient (Wildman–Crippen LogP) is 3.41. The van der Waals surface area contributed by atoms with Crippen LogP contribution in [-0.2, 0) is 14.3 Å². The second kappa shape index (κ2) is 12.5. The van der Waals surface area contributed by atoms with Gasteiger partial charge in [-0.3, -0.25) is 14.2 Å². The summed E-state index contributed by atoms with van der Waals surface area (Å²) in [6.45, 7) is 5.51. The summed E-state index contributed by atoms with van der Waals surface area (Å²) in [6.07, 6.45) is 1.63. The lowest BCUT2D eigenvalue weighted by Gasteiger charge is -2.20. The lowest BCUT2D eigenvalue weighted by Crippen LogP contribution is -2.44. The number of carbonyl (C=O) groups is 3. The molecule has 0 aliphatic carbocycles. The summed E-state index contributed by atoms with van der Waals surface area (Å²) in [4.78, 5) is 49.9. The van der Waals surface area contributed by atoms with Gasteiger partial charge in [0.25, 0.3) is 11.5 Å². The summed E-state index contributed by atoms with van der Waals surface area (Å²) in [5, 5.41) is 5.18. The van der Waals surface area contributed by atoms with E-state index in [1.54, 1.807) is 33.0 Å². The molecule has 0 bridgehead atoms. The quantitative estimate of drug-likeness (QED) is 0.203. The van der Waals surface area contributed by atoms with Gasteiger partial charge < -0.3 is 20.1 Å². The average molecular weight is 583 g/mol. The SMILES string of the molecule is COC(=O)[C@H](CCCNC(=O)OC(C)(C)C)NC(=O)c1cccn(C(I)c2ccccc2)c1=O. The van der Waals surface area contributed by atoms with Crippen LogP contribution in [0.2, 0.25) is 0 Å². The minimum atomic E-state index is -0.976. The molecule has 2 N–H and O–H groups in total. The van der Waals surface area contributed by atoms with E-state index in [4.69, 9.17) is 9.47 Å². The first-order valence-corrected chi connectivity index (χ1v) is 12.0. The third kappa shape index (κ3) is 8.15. The highest BCUT2D eigenvalue weighted by atomic mass is 127. The molecule has 0 aliphatic rings. The van der Waals surface area contributed by atoms with Crippen LogP contribution in [0.3, 0.4) is 0 Å². The van der Waals surface area contributed by atoms with Gasteiger partial charge in [0.05, 0.1) is 7.11 Å². The van der Waals surface area contributed by atoms with E-state index in [2.05, 4.69) is 33.2 Å². The summed E-state index contributed by atoms with van der Waals surface area (Å²) in [5.41, 5.74) is -0.265. The van der Waals surface area contributed by atoms with Gasteiger partial charge in [-0.05, 0) is 51.3 Å². The summed E-state index contributed by atoms with van der Waals surface area (Å²) >= 11 is 2.13. The van der Waals surface area contributed by atoms with Crippen LogP contribution >= 0.6 is 22.6 Å². The summed E-state index contributed by atoms with van der Waals surface area (Å²) in [5.74, 6) is -1.32. The molecule has 2 amide bonds. The van der Waals surface area contributed by atoms with Crippen LogP contribution in [0, 0.1) is 0 Å². The summed E-state index contributed by atoms with van der Waals surface area (Å²) in [7, 11) is 1.22. The third-order valence-corrected chi connectivity index (χ3v) is 5.99. The van der Waals surface area contributed by atoms with E-state index in [0.29, 0.717) is 6.42 Å². The van der Waals surface area contributed by atoms with Crippen LogP contribution in [0.25, 0.3) is 0 Å². The van der Waals surface area contributed by atoms with Gasteiger partial charge in [-0.2, -0.15) is 0 Å². The molecule has 34 heavy (non-hydrogen) atoms. The van der Waals surface area contributed by atoms with Gasteiger partial charge >= 0.3 is 12.1 Å². The maximum Gasteiger partial charge on any atom is 0.407 e. The van der Waals surface area contributed by atoms with Gasteiger partial charge in [0, 0.05) is 12.7 Å². The Morgan fingerprint density at radius 3 is 2.38 bits per heavy atom. The van der Waals surface area contributed by atoms with Crippen molar-refractivity contribution in [2.75, 3.05) is 13.7 Å². The van der Waals surface area contributed by atoms with Gasteiger partial charge in [0.1, 0.15) is 21.3 Å². The van der Waals surface area contributed by atoms with Crippen LogP contribution in [0.5, 0.6) is 0 Å². The summed E-state index contributed by atoms with van der Waals surface area (Å²) in [6, 6.07) is 11.5. The number of nitrogens with one attached hydrogen (secondary N) is 2. The highest BCUT2D eigenvalue weighted by Gasteiger charge is 2.24. The van der Waals surface area contributed by atoms with E-state index >= 15 is 0 Å². The van der Waals surface area contributed by atoms with Crippen molar-refractivity contribution in [3.63, 3.8) is 0 Å². The molecule has 0 aliphatic heterocycles. The van der Waals surface area contributed by atoms with Gasteiger partial charge in [0.2, 0.25) is 0 Å². The second-order valence-corrected chi connectivity index (χ2v) is 9.68. The van der Waals surface area contributed by atoms with E-state index in [1.807, 2.05) is 30.3 Å². The van der Waals surface area contributed by atoms with E-state index < -0.39 is 35.2 Å². The minimum absolute atomic E-state index is 0.0825. The molecule has 0 fully saturated rings. The van der Waals surface area contributed by atoms with Gasteiger partial charge in [-0.1, -0.05) is 52.9 Å². The Hall–Kier alpha value is -2.89. The maximum atomic E-state index is 13.0.